The van der Waals surface area contributed by atoms with Crippen molar-refractivity contribution in [2.45, 2.75) is 19.5 Å². The fourth-order valence-corrected chi connectivity index (χ4v) is 1.70. The number of aromatic nitrogens is 2. The van der Waals surface area contributed by atoms with Gasteiger partial charge in [-0.1, -0.05) is 0 Å². The van der Waals surface area contributed by atoms with E-state index >= 15 is 0 Å². The molecule has 2 rings (SSSR count). The van der Waals surface area contributed by atoms with Crippen molar-refractivity contribution in [3.05, 3.63) is 48.5 Å². The van der Waals surface area contributed by atoms with E-state index in [4.69, 9.17) is 5.73 Å². The van der Waals surface area contributed by atoms with Gasteiger partial charge in [0.25, 0.3) is 5.91 Å². The number of imidazole rings is 1. The number of carbonyl (C=O) groups excluding carboxylic acids is 1. The van der Waals surface area contributed by atoms with E-state index in [0.29, 0.717) is 17.8 Å². The van der Waals surface area contributed by atoms with Gasteiger partial charge in [0, 0.05) is 36.2 Å². The second kappa shape index (κ2) is 5.35. The average Bonchev–Trinajstić information content (AvgIpc) is 2.82. The number of nitrogen functional groups attached to an aromatic ring is 1. The van der Waals surface area contributed by atoms with Gasteiger partial charge in [-0.2, -0.15) is 0 Å². The van der Waals surface area contributed by atoms with E-state index in [-0.39, 0.29) is 11.9 Å². The van der Waals surface area contributed by atoms with Crippen LogP contribution in [0.1, 0.15) is 17.3 Å². The van der Waals surface area contributed by atoms with Crippen LogP contribution in [0, 0.1) is 0 Å². The second-order valence-electron chi connectivity index (χ2n) is 4.26. The zero-order chi connectivity index (χ0) is 13.0. The first kappa shape index (κ1) is 12.2. The Hall–Kier alpha value is -2.30. The fraction of sp³-hybridized carbons (Fsp3) is 0.231. The molecule has 1 aromatic heterocycles. The van der Waals surface area contributed by atoms with Crippen LogP contribution < -0.4 is 11.1 Å². The molecule has 18 heavy (non-hydrogen) atoms. The Morgan fingerprint density at radius 2 is 2.17 bits per heavy atom. The topological polar surface area (TPSA) is 72.9 Å². The summed E-state index contributed by atoms with van der Waals surface area (Å²) in [4.78, 5) is 15.9. The molecule has 1 atom stereocenters. The molecule has 0 aliphatic heterocycles. The summed E-state index contributed by atoms with van der Waals surface area (Å²) >= 11 is 0. The lowest BCUT2D eigenvalue weighted by atomic mass is 10.2. The molecular weight excluding hydrogens is 228 g/mol. The van der Waals surface area contributed by atoms with Crippen molar-refractivity contribution < 1.29 is 4.79 Å². The molecule has 0 fully saturated rings. The van der Waals surface area contributed by atoms with Crippen LogP contribution in [0.2, 0.25) is 0 Å². The van der Waals surface area contributed by atoms with Gasteiger partial charge in [0.2, 0.25) is 0 Å². The quantitative estimate of drug-likeness (QED) is 0.796. The number of hydrogen-bond donors (Lipinski definition) is 2. The Bertz CT molecular complexity index is 504. The van der Waals surface area contributed by atoms with E-state index in [1.807, 2.05) is 17.7 Å². The van der Waals surface area contributed by atoms with Crippen molar-refractivity contribution in [3.8, 4) is 0 Å². The van der Waals surface area contributed by atoms with Crippen molar-refractivity contribution in [2.75, 3.05) is 5.73 Å². The van der Waals surface area contributed by atoms with Gasteiger partial charge < -0.3 is 15.6 Å². The Morgan fingerprint density at radius 3 is 2.78 bits per heavy atom. The number of nitrogens with zero attached hydrogens (tertiary/aromatic N) is 2. The van der Waals surface area contributed by atoms with Gasteiger partial charge in [-0.25, -0.2) is 4.98 Å². The summed E-state index contributed by atoms with van der Waals surface area (Å²) in [7, 11) is 0. The van der Waals surface area contributed by atoms with E-state index in [2.05, 4.69) is 10.3 Å². The summed E-state index contributed by atoms with van der Waals surface area (Å²) in [6.45, 7) is 2.65. The van der Waals surface area contributed by atoms with Gasteiger partial charge in [-0.15, -0.1) is 0 Å². The van der Waals surface area contributed by atoms with Gasteiger partial charge in [-0.05, 0) is 31.2 Å². The first-order valence-electron chi connectivity index (χ1n) is 5.77. The molecule has 0 radical (unpaired) electrons. The average molecular weight is 244 g/mol. The largest absolute Gasteiger partial charge is 0.399 e. The molecule has 0 bridgehead atoms. The molecule has 1 amide bonds. The van der Waals surface area contributed by atoms with Gasteiger partial charge >= 0.3 is 0 Å². The Labute approximate surface area is 106 Å². The number of nitrogens with two attached hydrogens (primary N) is 1. The Balaban J connectivity index is 1.92. The zero-order valence-electron chi connectivity index (χ0n) is 10.2. The molecule has 94 valence electrons. The van der Waals surface area contributed by atoms with Crippen molar-refractivity contribution in [1.82, 2.24) is 14.9 Å². The van der Waals surface area contributed by atoms with Crippen molar-refractivity contribution in [3.63, 3.8) is 0 Å². The molecule has 0 spiro atoms. The lowest BCUT2D eigenvalue weighted by molar-refractivity contribution is 0.0937. The van der Waals surface area contributed by atoms with Gasteiger partial charge in [-0.3, -0.25) is 4.79 Å². The van der Waals surface area contributed by atoms with E-state index < -0.39 is 0 Å². The molecule has 5 nitrogen and oxygen atoms in total. The monoisotopic (exact) mass is 244 g/mol. The highest BCUT2D eigenvalue weighted by molar-refractivity contribution is 5.94. The number of amides is 1. The van der Waals surface area contributed by atoms with Crippen molar-refractivity contribution in [1.29, 1.82) is 0 Å². The molecule has 0 saturated carbocycles. The Kier molecular flexibility index (Phi) is 3.62. The number of benzene rings is 1. The molecule has 0 aliphatic rings. The van der Waals surface area contributed by atoms with Gasteiger partial charge in [0.1, 0.15) is 0 Å². The predicted octanol–water partition coefficient (Wildman–Crippen LogP) is 1.28. The van der Waals surface area contributed by atoms with Gasteiger partial charge in [0.05, 0.1) is 6.33 Å². The smallest absolute Gasteiger partial charge is 0.251 e. The Morgan fingerprint density at radius 1 is 1.44 bits per heavy atom. The van der Waals surface area contributed by atoms with E-state index in [1.54, 1.807) is 36.8 Å². The van der Waals surface area contributed by atoms with Crippen molar-refractivity contribution >= 4 is 11.6 Å². The molecule has 0 aliphatic carbocycles. The summed E-state index contributed by atoms with van der Waals surface area (Å²) in [5, 5.41) is 2.93. The number of nitrogens with one attached hydrogen (secondary N) is 1. The molecule has 0 saturated heterocycles. The summed E-state index contributed by atoms with van der Waals surface area (Å²) < 4.78 is 1.92. The molecular formula is C13H16N4O. The molecule has 2 aromatic rings. The minimum absolute atomic E-state index is 0.0317. The fourth-order valence-electron chi connectivity index (χ4n) is 1.70. The molecule has 3 N–H and O–H groups in total. The van der Waals surface area contributed by atoms with Crippen LogP contribution in [0.25, 0.3) is 0 Å². The third-order valence-corrected chi connectivity index (χ3v) is 2.59. The SMILES string of the molecule is CC(Cn1ccnc1)NC(=O)c1ccc(N)cc1. The van der Waals surface area contributed by atoms with Crippen LogP contribution in [0.3, 0.4) is 0 Å². The van der Waals surface area contributed by atoms with E-state index in [0.717, 1.165) is 0 Å². The van der Waals surface area contributed by atoms with Crippen LogP contribution in [-0.4, -0.2) is 21.5 Å². The third kappa shape index (κ3) is 3.10. The molecule has 5 heteroatoms. The normalized spacial score (nSPS) is 12.1. The summed E-state index contributed by atoms with van der Waals surface area (Å²) in [6.07, 6.45) is 5.31. The highest BCUT2D eigenvalue weighted by atomic mass is 16.1. The third-order valence-electron chi connectivity index (χ3n) is 2.59. The second-order valence-corrected chi connectivity index (χ2v) is 4.26. The standard InChI is InChI=1S/C13H16N4O/c1-10(8-17-7-6-15-9-17)16-13(18)11-2-4-12(14)5-3-11/h2-7,9-10H,8,14H2,1H3,(H,16,18). The first-order valence-corrected chi connectivity index (χ1v) is 5.77. The minimum Gasteiger partial charge on any atom is -0.399 e. The molecule has 1 heterocycles. The maximum Gasteiger partial charge on any atom is 0.251 e. The van der Waals surface area contributed by atoms with Crippen LogP contribution in [-0.2, 0) is 6.54 Å². The lowest BCUT2D eigenvalue weighted by Gasteiger charge is -2.14. The highest BCUT2D eigenvalue weighted by Gasteiger charge is 2.09. The number of rotatable bonds is 4. The zero-order valence-corrected chi connectivity index (χ0v) is 10.2. The summed E-state index contributed by atoms with van der Waals surface area (Å²) in [5.74, 6) is -0.0948. The van der Waals surface area contributed by atoms with Crippen molar-refractivity contribution in [2.24, 2.45) is 0 Å². The number of hydrogen-bond acceptors (Lipinski definition) is 3. The lowest BCUT2D eigenvalue weighted by Crippen LogP contribution is -2.35. The minimum atomic E-state index is -0.0948. The highest BCUT2D eigenvalue weighted by Crippen LogP contribution is 2.05. The number of anilines is 1. The maximum absolute atomic E-state index is 11.9. The van der Waals surface area contributed by atoms with Crippen LogP contribution in [0.15, 0.2) is 43.0 Å². The molecule has 1 aromatic carbocycles. The summed E-state index contributed by atoms with van der Waals surface area (Å²) in [5.41, 5.74) is 6.84. The van der Waals surface area contributed by atoms with E-state index in [1.165, 1.54) is 0 Å². The predicted molar refractivity (Wildman–Crippen MR) is 70.0 cm³/mol. The first-order chi connectivity index (χ1) is 8.65. The summed E-state index contributed by atoms with van der Waals surface area (Å²) in [6, 6.07) is 6.90. The van der Waals surface area contributed by atoms with Crippen LogP contribution in [0.4, 0.5) is 5.69 Å². The van der Waals surface area contributed by atoms with E-state index in [9.17, 15) is 4.79 Å². The van der Waals surface area contributed by atoms with Crippen LogP contribution in [0.5, 0.6) is 0 Å². The van der Waals surface area contributed by atoms with Crippen LogP contribution >= 0.6 is 0 Å². The molecule has 1 unspecified atom stereocenters. The number of carbonyl (C=O) groups is 1. The maximum atomic E-state index is 11.9. The van der Waals surface area contributed by atoms with Gasteiger partial charge in [0.15, 0.2) is 0 Å².